The predicted molar refractivity (Wildman–Crippen MR) is 112 cm³/mol. The average Bonchev–Trinajstić information content (AvgIpc) is 2.60. The third-order valence-corrected chi connectivity index (χ3v) is 5.12. The smallest absolute Gasteiger partial charge is 0.175 e. The van der Waals surface area contributed by atoms with Crippen LogP contribution in [0.3, 0.4) is 0 Å². The summed E-state index contributed by atoms with van der Waals surface area (Å²) in [6, 6.07) is 11.8. The molecule has 2 aromatic carbocycles. The molecule has 0 bridgehead atoms. The minimum atomic E-state index is 0.0972. The summed E-state index contributed by atoms with van der Waals surface area (Å²) in [7, 11) is 0. The minimum Gasteiger partial charge on any atom is -0.490 e. The number of halogens is 2. The third kappa shape index (κ3) is 6.19. The van der Waals surface area contributed by atoms with Crippen LogP contribution in [0.4, 0.5) is 0 Å². The van der Waals surface area contributed by atoms with Crippen molar-refractivity contribution in [2.75, 3.05) is 6.61 Å². The normalized spacial score (nSPS) is 11.5. The van der Waals surface area contributed by atoms with Gasteiger partial charge in [-0.15, -0.1) is 0 Å². The molecule has 0 fully saturated rings. The van der Waals surface area contributed by atoms with Crippen LogP contribution in [0.2, 0.25) is 5.02 Å². The van der Waals surface area contributed by atoms with Gasteiger partial charge in [0.2, 0.25) is 0 Å². The lowest BCUT2D eigenvalue weighted by atomic mass is 10.0. The summed E-state index contributed by atoms with van der Waals surface area (Å²) in [5, 5.41) is 4.28. The van der Waals surface area contributed by atoms with E-state index in [0.717, 1.165) is 34.3 Å². The van der Waals surface area contributed by atoms with Gasteiger partial charge < -0.3 is 14.8 Å². The first-order valence-corrected chi connectivity index (χ1v) is 10.1. The van der Waals surface area contributed by atoms with Crippen molar-refractivity contribution in [1.29, 1.82) is 0 Å². The molecule has 5 heteroatoms. The van der Waals surface area contributed by atoms with E-state index in [1.54, 1.807) is 0 Å². The van der Waals surface area contributed by atoms with Crippen LogP contribution in [0.5, 0.6) is 11.5 Å². The number of ether oxygens (including phenoxy) is 2. The molecule has 0 saturated carbocycles. The zero-order chi connectivity index (χ0) is 19.2. The largest absolute Gasteiger partial charge is 0.490 e. The van der Waals surface area contributed by atoms with Crippen molar-refractivity contribution in [1.82, 2.24) is 5.32 Å². The highest BCUT2D eigenvalue weighted by atomic mass is 79.9. The van der Waals surface area contributed by atoms with Crippen LogP contribution >= 0.6 is 27.5 Å². The van der Waals surface area contributed by atoms with Crippen LogP contribution in [0.25, 0.3) is 0 Å². The molecular formula is C21H27BrClNO2. The average molecular weight is 441 g/mol. The van der Waals surface area contributed by atoms with E-state index in [4.69, 9.17) is 21.1 Å². The van der Waals surface area contributed by atoms with Crippen molar-refractivity contribution in [3.63, 3.8) is 0 Å². The van der Waals surface area contributed by atoms with Crippen LogP contribution in [0.1, 0.15) is 45.2 Å². The summed E-state index contributed by atoms with van der Waals surface area (Å²) in [6.07, 6.45) is 1.06. The van der Waals surface area contributed by atoms with E-state index in [1.165, 1.54) is 0 Å². The Balaban J connectivity index is 2.17. The summed E-state index contributed by atoms with van der Waals surface area (Å²) in [5.41, 5.74) is 2.26. The van der Waals surface area contributed by atoms with Gasteiger partial charge in [0.1, 0.15) is 6.61 Å². The monoisotopic (exact) mass is 439 g/mol. The fourth-order valence-corrected chi connectivity index (χ4v) is 3.19. The zero-order valence-electron chi connectivity index (χ0n) is 15.9. The molecule has 26 heavy (non-hydrogen) atoms. The fourth-order valence-electron chi connectivity index (χ4n) is 2.38. The molecule has 0 aromatic heterocycles. The Morgan fingerprint density at radius 2 is 1.85 bits per heavy atom. The summed E-state index contributed by atoms with van der Waals surface area (Å²) in [6.45, 7) is 10.3. The molecule has 1 N–H and O–H groups in total. The fraction of sp³-hybridized carbons (Fsp3) is 0.429. The van der Waals surface area contributed by atoms with Gasteiger partial charge in [0.25, 0.3) is 0 Å². The van der Waals surface area contributed by atoms with Gasteiger partial charge in [0.05, 0.1) is 11.1 Å². The Hall–Kier alpha value is -1.23. The lowest BCUT2D eigenvalue weighted by molar-refractivity contribution is 0.267. The van der Waals surface area contributed by atoms with Gasteiger partial charge in [-0.1, -0.05) is 30.7 Å². The Morgan fingerprint density at radius 1 is 1.08 bits per heavy atom. The van der Waals surface area contributed by atoms with Crippen molar-refractivity contribution >= 4 is 27.5 Å². The van der Waals surface area contributed by atoms with E-state index in [2.05, 4.69) is 48.1 Å². The van der Waals surface area contributed by atoms with Crippen molar-refractivity contribution in [2.45, 2.75) is 52.8 Å². The van der Waals surface area contributed by atoms with Crippen LogP contribution in [0, 0.1) is 0 Å². The van der Waals surface area contributed by atoms with Crippen molar-refractivity contribution < 1.29 is 9.47 Å². The second-order valence-electron chi connectivity index (χ2n) is 6.85. The van der Waals surface area contributed by atoms with Crippen molar-refractivity contribution in [2.24, 2.45) is 0 Å². The number of rotatable bonds is 9. The van der Waals surface area contributed by atoms with E-state index in [0.29, 0.717) is 24.0 Å². The molecule has 0 saturated heterocycles. The van der Waals surface area contributed by atoms with Crippen LogP contribution in [0.15, 0.2) is 40.9 Å². The van der Waals surface area contributed by atoms with Gasteiger partial charge in [0, 0.05) is 17.1 Å². The Kier molecular flexibility index (Phi) is 7.81. The number of benzene rings is 2. The number of nitrogens with one attached hydrogen (secondary N) is 1. The topological polar surface area (TPSA) is 30.5 Å². The zero-order valence-corrected chi connectivity index (χ0v) is 18.2. The minimum absolute atomic E-state index is 0.0972. The molecule has 142 valence electrons. The maximum absolute atomic E-state index is 6.05. The molecule has 0 heterocycles. The molecule has 0 amide bonds. The summed E-state index contributed by atoms with van der Waals surface area (Å²) in [5.74, 6) is 1.46. The van der Waals surface area contributed by atoms with Crippen LogP contribution < -0.4 is 14.8 Å². The molecule has 0 atom stereocenters. The molecule has 0 unspecified atom stereocenters. The Labute approximate surface area is 170 Å². The molecule has 0 aliphatic carbocycles. The molecule has 0 aliphatic rings. The molecule has 2 rings (SSSR count). The maximum atomic E-state index is 6.05. The van der Waals surface area contributed by atoms with Gasteiger partial charge in [-0.05, 0) is 78.5 Å². The van der Waals surface area contributed by atoms with E-state index < -0.39 is 0 Å². The number of hydrogen-bond acceptors (Lipinski definition) is 3. The van der Waals surface area contributed by atoms with E-state index in [9.17, 15) is 0 Å². The molecule has 0 radical (unpaired) electrons. The SMILES string of the molecule is CCOc1cc(CNC(C)(C)CC)cc(Br)c1OCc1cccc(Cl)c1. The van der Waals surface area contributed by atoms with E-state index >= 15 is 0 Å². The maximum Gasteiger partial charge on any atom is 0.175 e. The first-order valence-electron chi connectivity index (χ1n) is 8.92. The van der Waals surface area contributed by atoms with Crippen LogP contribution in [-0.4, -0.2) is 12.1 Å². The van der Waals surface area contributed by atoms with Gasteiger partial charge in [-0.3, -0.25) is 0 Å². The highest BCUT2D eigenvalue weighted by Gasteiger charge is 2.16. The standard InChI is InChI=1S/C21H27BrClNO2/c1-5-21(3,4)24-13-16-11-18(22)20(19(12-16)25-6-2)26-14-15-8-7-9-17(23)10-15/h7-12,24H,5-6,13-14H2,1-4H3. The van der Waals surface area contributed by atoms with Gasteiger partial charge in [-0.2, -0.15) is 0 Å². The van der Waals surface area contributed by atoms with Crippen molar-refractivity contribution in [3.05, 3.63) is 57.0 Å². The third-order valence-electron chi connectivity index (χ3n) is 4.30. The lowest BCUT2D eigenvalue weighted by Crippen LogP contribution is -2.37. The quantitative estimate of drug-likeness (QED) is 0.492. The molecule has 0 aliphatic heterocycles. The highest BCUT2D eigenvalue weighted by Crippen LogP contribution is 2.37. The molecular weight excluding hydrogens is 414 g/mol. The van der Waals surface area contributed by atoms with Gasteiger partial charge in [-0.25, -0.2) is 0 Å². The lowest BCUT2D eigenvalue weighted by Gasteiger charge is -2.25. The Bertz CT molecular complexity index is 734. The summed E-state index contributed by atoms with van der Waals surface area (Å²) < 4.78 is 12.7. The molecule has 3 nitrogen and oxygen atoms in total. The van der Waals surface area contributed by atoms with Crippen molar-refractivity contribution in [3.8, 4) is 11.5 Å². The number of hydrogen-bond donors (Lipinski definition) is 1. The van der Waals surface area contributed by atoms with Gasteiger partial charge in [0.15, 0.2) is 11.5 Å². The van der Waals surface area contributed by atoms with Crippen LogP contribution in [-0.2, 0) is 13.2 Å². The predicted octanol–water partition coefficient (Wildman–Crippen LogP) is 6.36. The van der Waals surface area contributed by atoms with E-state index in [-0.39, 0.29) is 5.54 Å². The Morgan fingerprint density at radius 3 is 2.50 bits per heavy atom. The summed E-state index contributed by atoms with van der Waals surface area (Å²) >= 11 is 9.68. The highest BCUT2D eigenvalue weighted by molar-refractivity contribution is 9.10. The first-order chi connectivity index (χ1) is 12.3. The second kappa shape index (κ2) is 9.63. The summed E-state index contributed by atoms with van der Waals surface area (Å²) in [4.78, 5) is 0. The molecule has 0 spiro atoms. The van der Waals surface area contributed by atoms with Gasteiger partial charge >= 0.3 is 0 Å². The van der Waals surface area contributed by atoms with E-state index in [1.807, 2.05) is 37.3 Å². The second-order valence-corrected chi connectivity index (χ2v) is 8.14. The first kappa shape index (κ1) is 21.1. The molecule has 2 aromatic rings.